The largest absolute Gasteiger partial charge is 0.364 e. The molecule has 0 aliphatic heterocycles. The fraction of sp³-hybridized carbons (Fsp3) is 0.250. The van der Waals surface area contributed by atoms with Crippen molar-refractivity contribution in [3.05, 3.63) is 59.5 Å². The van der Waals surface area contributed by atoms with Gasteiger partial charge in [-0.2, -0.15) is 5.10 Å². The molecule has 0 saturated carbocycles. The first-order chi connectivity index (χ1) is 9.78. The average molecular weight is 266 g/mol. The predicted octanol–water partition coefficient (Wildman–Crippen LogP) is 3.21. The smallest absolute Gasteiger partial charge is 0.152 e. The number of nitrogens with one attached hydrogen (secondary N) is 1. The zero-order valence-corrected chi connectivity index (χ0v) is 11.8. The summed E-state index contributed by atoms with van der Waals surface area (Å²) in [6.45, 7) is 4.95. The topological polar surface area (TPSA) is 42.2 Å². The Balaban J connectivity index is 1.87. The quantitative estimate of drug-likeness (QED) is 0.788. The van der Waals surface area contributed by atoms with Crippen LogP contribution in [0.25, 0.3) is 5.52 Å². The molecule has 0 aliphatic rings. The van der Waals surface area contributed by atoms with Gasteiger partial charge in [-0.15, -0.1) is 0 Å². The van der Waals surface area contributed by atoms with E-state index < -0.39 is 0 Å². The summed E-state index contributed by atoms with van der Waals surface area (Å²) in [6.07, 6.45) is 4.68. The Hall–Kier alpha value is -2.36. The summed E-state index contributed by atoms with van der Waals surface area (Å²) in [5.41, 5.74) is 4.70. The van der Waals surface area contributed by atoms with Crippen molar-refractivity contribution in [2.24, 2.45) is 0 Å². The van der Waals surface area contributed by atoms with Crippen molar-refractivity contribution in [3.8, 4) is 0 Å². The maximum atomic E-state index is 4.42. The normalized spacial score (nSPS) is 10.9. The summed E-state index contributed by atoms with van der Waals surface area (Å²) in [5.74, 6) is 0.874. The van der Waals surface area contributed by atoms with Crippen molar-refractivity contribution in [3.63, 3.8) is 0 Å². The molecule has 102 valence electrons. The monoisotopic (exact) mass is 266 g/mol. The van der Waals surface area contributed by atoms with Gasteiger partial charge >= 0.3 is 0 Å². The van der Waals surface area contributed by atoms with Crippen molar-refractivity contribution in [1.82, 2.24) is 14.6 Å². The molecule has 0 radical (unpaired) electrons. The van der Waals surface area contributed by atoms with Crippen molar-refractivity contribution in [2.45, 2.75) is 26.8 Å². The van der Waals surface area contributed by atoms with E-state index in [1.807, 2.05) is 23.7 Å². The number of anilines is 1. The molecule has 0 aliphatic carbocycles. The van der Waals surface area contributed by atoms with E-state index in [-0.39, 0.29) is 0 Å². The fourth-order valence-corrected chi connectivity index (χ4v) is 2.43. The van der Waals surface area contributed by atoms with Gasteiger partial charge < -0.3 is 5.32 Å². The molecule has 2 aromatic heterocycles. The van der Waals surface area contributed by atoms with Crippen LogP contribution in [0.1, 0.15) is 23.7 Å². The van der Waals surface area contributed by atoms with Gasteiger partial charge in [-0.3, -0.25) is 0 Å². The number of hydrogen-bond donors (Lipinski definition) is 1. The molecule has 0 bridgehead atoms. The second-order valence-corrected chi connectivity index (χ2v) is 4.87. The Labute approximate surface area is 118 Å². The molecular formula is C16H18N4. The molecule has 1 aromatic carbocycles. The van der Waals surface area contributed by atoms with Crippen LogP contribution in [0.15, 0.2) is 42.7 Å². The minimum atomic E-state index is 0.779. The van der Waals surface area contributed by atoms with Crippen LogP contribution in [-0.2, 0) is 13.0 Å². The number of rotatable bonds is 4. The molecule has 0 amide bonds. The van der Waals surface area contributed by atoms with Gasteiger partial charge in [0.05, 0.1) is 5.69 Å². The second-order valence-electron chi connectivity index (χ2n) is 4.87. The van der Waals surface area contributed by atoms with Gasteiger partial charge in [-0.1, -0.05) is 31.2 Å². The van der Waals surface area contributed by atoms with Crippen molar-refractivity contribution < 1.29 is 0 Å². The molecular weight excluding hydrogens is 248 g/mol. The highest BCUT2D eigenvalue weighted by atomic mass is 15.2. The lowest BCUT2D eigenvalue weighted by atomic mass is 10.1. The summed E-state index contributed by atoms with van der Waals surface area (Å²) in [6, 6.07) is 10.5. The van der Waals surface area contributed by atoms with E-state index in [9.17, 15) is 0 Å². The first-order valence-electron chi connectivity index (χ1n) is 6.89. The summed E-state index contributed by atoms with van der Waals surface area (Å²) in [4.78, 5) is 4.42. The fourth-order valence-electron chi connectivity index (χ4n) is 2.43. The Morgan fingerprint density at radius 3 is 2.80 bits per heavy atom. The molecule has 0 spiro atoms. The SMILES string of the molecule is CCc1ccccc1CNc1nccn2nc(C)cc12. The summed E-state index contributed by atoms with van der Waals surface area (Å²) >= 11 is 0. The van der Waals surface area contributed by atoms with Gasteiger partial charge in [0.25, 0.3) is 0 Å². The third-order valence-electron chi connectivity index (χ3n) is 3.46. The molecule has 2 heterocycles. The molecule has 3 aromatic rings. The molecule has 4 nitrogen and oxygen atoms in total. The highest BCUT2D eigenvalue weighted by Gasteiger charge is 2.06. The van der Waals surface area contributed by atoms with Crippen molar-refractivity contribution in [2.75, 3.05) is 5.32 Å². The maximum absolute atomic E-state index is 4.42. The van der Waals surface area contributed by atoms with Crippen LogP contribution >= 0.6 is 0 Å². The number of aryl methyl sites for hydroxylation is 2. The number of nitrogens with zero attached hydrogens (tertiary/aromatic N) is 3. The molecule has 20 heavy (non-hydrogen) atoms. The Bertz CT molecular complexity index is 730. The van der Waals surface area contributed by atoms with Crippen LogP contribution in [0.2, 0.25) is 0 Å². The Kier molecular flexibility index (Phi) is 3.37. The van der Waals surface area contributed by atoms with E-state index in [2.05, 4.69) is 46.6 Å². The van der Waals surface area contributed by atoms with E-state index >= 15 is 0 Å². The lowest BCUT2D eigenvalue weighted by Gasteiger charge is -2.10. The first-order valence-corrected chi connectivity index (χ1v) is 6.89. The standard InChI is InChI=1S/C16H18N4/c1-3-13-6-4-5-7-14(13)11-18-16-15-10-12(2)19-20(15)9-8-17-16/h4-10H,3,11H2,1-2H3,(H,17,18). The van der Waals surface area contributed by atoms with Crippen LogP contribution < -0.4 is 5.32 Å². The van der Waals surface area contributed by atoms with Crippen molar-refractivity contribution in [1.29, 1.82) is 0 Å². The van der Waals surface area contributed by atoms with Gasteiger partial charge in [-0.05, 0) is 30.5 Å². The zero-order chi connectivity index (χ0) is 13.9. The first kappa shape index (κ1) is 12.7. The Morgan fingerprint density at radius 2 is 2.00 bits per heavy atom. The van der Waals surface area contributed by atoms with Gasteiger partial charge in [0, 0.05) is 18.9 Å². The van der Waals surface area contributed by atoms with Crippen molar-refractivity contribution >= 4 is 11.3 Å². The number of hydrogen-bond acceptors (Lipinski definition) is 3. The third-order valence-corrected chi connectivity index (χ3v) is 3.46. The Morgan fingerprint density at radius 1 is 1.20 bits per heavy atom. The van der Waals surface area contributed by atoms with E-state index in [0.29, 0.717) is 0 Å². The predicted molar refractivity (Wildman–Crippen MR) is 80.9 cm³/mol. The molecule has 0 saturated heterocycles. The molecule has 0 unspecified atom stereocenters. The van der Waals surface area contributed by atoms with Gasteiger partial charge in [0.15, 0.2) is 5.82 Å². The third kappa shape index (κ3) is 2.37. The van der Waals surface area contributed by atoms with E-state index in [0.717, 1.165) is 30.0 Å². The van der Waals surface area contributed by atoms with Gasteiger partial charge in [-0.25, -0.2) is 9.50 Å². The summed E-state index contributed by atoms with van der Waals surface area (Å²) in [5, 5.41) is 7.82. The second kappa shape index (κ2) is 5.33. The molecule has 0 atom stereocenters. The number of fused-ring (bicyclic) bond motifs is 1. The van der Waals surface area contributed by atoms with Crippen LogP contribution in [0.3, 0.4) is 0 Å². The zero-order valence-electron chi connectivity index (χ0n) is 11.8. The summed E-state index contributed by atoms with van der Waals surface area (Å²) in [7, 11) is 0. The lowest BCUT2D eigenvalue weighted by Crippen LogP contribution is -2.05. The maximum Gasteiger partial charge on any atom is 0.152 e. The van der Waals surface area contributed by atoms with Crippen LogP contribution in [0.5, 0.6) is 0 Å². The van der Waals surface area contributed by atoms with E-state index in [1.165, 1.54) is 11.1 Å². The molecule has 0 fully saturated rings. The van der Waals surface area contributed by atoms with Gasteiger partial charge in [0.1, 0.15) is 5.52 Å². The van der Waals surface area contributed by atoms with E-state index in [4.69, 9.17) is 0 Å². The summed E-state index contributed by atoms with van der Waals surface area (Å²) < 4.78 is 1.86. The van der Waals surface area contributed by atoms with Crippen LogP contribution in [-0.4, -0.2) is 14.6 Å². The minimum absolute atomic E-state index is 0.779. The lowest BCUT2D eigenvalue weighted by molar-refractivity contribution is 0.919. The highest BCUT2D eigenvalue weighted by Crippen LogP contribution is 2.17. The number of aromatic nitrogens is 3. The molecule has 1 N–H and O–H groups in total. The molecule has 4 heteroatoms. The van der Waals surface area contributed by atoms with E-state index in [1.54, 1.807) is 6.20 Å². The van der Waals surface area contributed by atoms with Crippen LogP contribution in [0, 0.1) is 6.92 Å². The minimum Gasteiger partial charge on any atom is -0.364 e. The number of benzene rings is 1. The highest BCUT2D eigenvalue weighted by molar-refractivity contribution is 5.67. The molecule has 3 rings (SSSR count). The van der Waals surface area contributed by atoms with Gasteiger partial charge in [0.2, 0.25) is 0 Å². The average Bonchev–Trinajstić information content (AvgIpc) is 2.86. The van der Waals surface area contributed by atoms with Crippen LogP contribution in [0.4, 0.5) is 5.82 Å².